The third kappa shape index (κ3) is 6.26. The van der Waals surface area contributed by atoms with Crippen molar-refractivity contribution in [2.75, 3.05) is 0 Å². The summed E-state index contributed by atoms with van der Waals surface area (Å²) >= 11 is 1.49. The predicted octanol–water partition coefficient (Wildman–Crippen LogP) is 4.64. The fraction of sp³-hybridized carbons (Fsp3) is 0.0833. The van der Waals surface area contributed by atoms with Gasteiger partial charge in [0.15, 0.2) is 0 Å². The van der Waals surface area contributed by atoms with Crippen LogP contribution in [0.2, 0.25) is 0 Å². The van der Waals surface area contributed by atoms with E-state index in [2.05, 4.69) is 9.71 Å². The van der Waals surface area contributed by atoms with E-state index in [1.54, 1.807) is 30.3 Å². The number of sulfonamides is 1. The maximum atomic E-state index is 12.4. The number of hydrogen-bond donors (Lipinski definition) is 1. The molecule has 2 aromatic heterocycles. The van der Waals surface area contributed by atoms with Crippen LogP contribution in [0.5, 0.6) is 0 Å². The van der Waals surface area contributed by atoms with Crippen molar-refractivity contribution in [2.24, 2.45) is 0 Å². The molecular formula is C24H20N2O5S2. The van der Waals surface area contributed by atoms with Gasteiger partial charge < -0.3 is 9.15 Å². The van der Waals surface area contributed by atoms with E-state index in [9.17, 15) is 13.2 Å². The Bertz CT molecular complexity index is 1330. The van der Waals surface area contributed by atoms with Gasteiger partial charge in [-0.3, -0.25) is 0 Å². The highest BCUT2D eigenvalue weighted by Gasteiger charge is 2.14. The van der Waals surface area contributed by atoms with Crippen molar-refractivity contribution in [1.29, 1.82) is 0 Å². The van der Waals surface area contributed by atoms with Crippen molar-refractivity contribution in [3.05, 3.63) is 101 Å². The quantitative estimate of drug-likeness (QED) is 0.277. The number of thiazole rings is 1. The van der Waals surface area contributed by atoms with Crippen LogP contribution in [-0.4, -0.2) is 19.4 Å². The van der Waals surface area contributed by atoms with Crippen LogP contribution < -0.4 is 4.72 Å². The van der Waals surface area contributed by atoms with Crippen LogP contribution in [-0.2, 0) is 32.7 Å². The van der Waals surface area contributed by atoms with E-state index >= 15 is 0 Å². The van der Waals surface area contributed by atoms with Crippen molar-refractivity contribution >= 4 is 33.4 Å². The number of rotatable bonds is 9. The number of carbonyl (C=O) groups is 1. The molecule has 4 aromatic rings. The van der Waals surface area contributed by atoms with Crippen LogP contribution in [0, 0.1) is 0 Å². The molecule has 0 fully saturated rings. The molecule has 0 amide bonds. The molecule has 0 aliphatic heterocycles. The van der Waals surface area contributed by atoms with Gasteiger partial charge in [-0.05, 0) is 35.9 Å². The Morgan fingerprint density at radius 2 is 1.85 bits per heavy atom. The summed E-state index contributed by atoms with van der Waals surface area (Å²) in [6.07, 6.45) is 4.34. The molecule has 1 N–H and O–H groups in total. The molecule has 4 rings (SSSR count). The summed E-state index contributed by atoms with van der Waals surface area (Å²) in [5, 5.41) is 2.73. The summed E-state index contributed by atoms with van der Waals surface area (Å²) in [5.41, 5.74) is 2.36. The van der Waals surface area contributed by atoms with E-state index in [1.807, 2.05) is 35.7 Å². The lowest BCUT2D eigenvalue weighted by atomic mass is 10.2. The van der Waals surface area contributed by atoms with Crippen LogP contribution in [0.4, 0.5) is 0 Å². The maximum Gasteiger partial charge on any atom is 0.331 e. The van der Waals surface area contributed by atoms with Crippen molar-refractivity contribution in [3.63, 3.8) is 0 Å². The lowest BCUT2D eigenvalue weighted by molar-refractivity contribution is -0.139. The first-order chi connectivity index (χ1) is 16.0. The first-order valence-corrected chi connectivity index (χ1v) is 12.3. The standard InChI is InChI=1S/C24H20N2O5S2/c27-23(31-16-20-17-32-24(26-20)19-5-2-1-3-6-19)13-10-18-8-11-22(12-9-18)33(28,29)25-15-21-7-4-14-30-21/h1-14,17,25H,15-16H2/b13-10+. The zero-order valence-corrected chi connectivity index (χ0v) is 19.0. The molecule has 2 heterocycles. The second-order valence-corrected chi connectivity index (χ2v) is 9.55. The van der Waals surface area contributed by atoms with Gasteiger partial charge in [-0.25, -0.2) is 22.9 Å². The van der Waals surface area contributed by atoms with Gasteiger partial charge in [-0.15, -0.1) is 11.3 Å². The monoisotopic (exact) mass is 480 g/mol. The van der Waals surface area contributed by atoms with Crippen molar-refractivity contribution in [3.8, 4) is 10.6 Å². The van der Waals surface area contributed by atoms with E-state index in [4.69, 9.17) is 9.15 Å². The smallest absolute Gasteiger partial charge is 0.331 e. The van der Waals surface area contributed by atoms with E-state index in [0.717, 1.165) is 10.6 Å². The number of hydrogen-bond acceptors (Lipinski definition) is 7. The number of nitrogens with zero attached hydrogens (tertiary/aromatic N) is 1. The lowest BCUT2D eigenvalue weighted by Crippen LogP contribution is -2.22. The number of aromatic nitrogens is 1. The number of benzene rings is 2. The van der Waals surface area contributed by atoms with Crippen LogP contribution in [0.1, 0.15) is 17.0 Å². The highest BCUT2D eigenvalue weighted by molar-refractivity contribution is 7.89. The second-order valence-electron chi connectivity index (χ2n) is 6.92. The van der Waals surface area contributed by atoms with Crippen LogP contribution in [0.3, 0.4) is 0 Å². The largest absolute Gasteiger partial charge is 0.468 e. The molecule has 0 saturated heterocycles. The first-order valence-electron chi connectivity index (χ1n) is 9.96. The van der Waals surface area contributed by atoms with Gasteiger partial charge in [-0.2, -0.15) is 0 Å². The average Bonchev–Trinajstić information content (AvgIpc) is 3.53. The second kappa shape index (κ2) is 10.4. The third-order valence-corrected chi connectivity index (χ3v) is 6.91. The molecule has 0 atom stereocenters. The van der Waals surface area contributed by atoms with Gasteiger partial charge in [0.1, 0.15) is 17.4 Å². The van der Waals surface area contributed by atoms with E-state index in [0.29, 0.717) is 17.0 Å². The molecule has 0 aliphatic rings. The Labute approximate surface area is 195 Å². The highest BCUT2D eigenvalue weighted by atomic mass is 32.2. The topological polar surface area (TPSA) is 98.5 Å². The van der Waals surface area contributed by atoms with Crippen LogP contribution in [0.25, 0.3) is 16.6 Å². The first kappa shape index (κ1) is 22.7. The van der Waals surface area contributed by atoms with Gasteiger partial charge in [-0.1, -0.05) is 42.5 Å². The minimum atomic E-state index is -3.67. The molecule has 0 unspecified atom stereocenters. The van der Waals surface area contributed by atoms with Gasteiger partial charge in [0.05, 0.1) is 23.4 Å². The van der Waals surface area contributed by atoms with Crippen molar-refractivity contribution < 1.29 is 22.4 Å². The Hall–Kier alpha value is -3.53. The lowest BCUT2D eigenvalue weighted by Gasteiger charge is -2.05. The fourth-order valence-electron chi connectivity index (χ4n) is 2.86. The summed E-state index contributed by atoms with van der Waals surface area (Å²) < 4.78 is 37.6. The molecule has 0 saturated carbocycles. The summed E-state index contributed by atoms with van der Waals surface area (Å²) in [5.74, 6) is 0.00616. The zero-order chi connectivity index (χ0) is 23.1. The van der Waals surface area contributed by atoms with Gasteiger partial charge in [0, 0.05) is 17.0 Å². The summed E-state index contributed by atoms with van der Waals surface area (Å²) in [4.78, 5) is 16.6. The van der Waals surface area contributed by atoms with Crippen molar-refractivity contribution in [1.82, 2.24) is 9.71 Å². The number of furan rings is 1. The number of esters is 1. The van der Waals surface area contributed by atoms with Gasteiger partial charge in [0.2, 0.25) is 10.0 Å². The molecule has 168 valence electrons. The molecule has 9 heteroatoms. The van der Waals surface area contributed by atoms with E-state index in [-0.39, 0.29) is 18.0 Å². The molecule has 2 aromatic carbocycles. The Balaban J connectivity index is 1.29. The number of nitrogens with one attached hydrogen (secondary N) is 1. The van der Waals surface area contributed by atoms with E-state index < -0.39 is 16.0 Å². The molecule has 0 bridgehead atoms. The van der Waals surface area contributed by atoms with Gasteiger partial charge in [0.25, 0.3) is 0 Å². The maximum absolute atomic E-state index is 12.4. The molecule has 0 spiro atoms. The van der Waals surface area contributed by atoms with Crippen LogP contribution in [0.15, 0.2) is 93.8 Å². The SMILES string of the molecule is O=C(/C=C/c1ccc(S(=O)(=O)NCc2ccco2)cc1)OCc1csc(-c2ccccc2)n1. The molecule has 0 aliphatic carbocycles. The summed E-state index contributed by atoms with van der Waals surface area (Å²) in [6.45, 7) is 0.139. The average molecular weight is 481 g/mol. The van der Waals surface area contributed by atoms with E-state index in [1.165, 1.54) is 35.8 Å². The third-order valence-electron chi connectivity index (χ3n) is 4.55. The normalized spacial score (nSPS) is 11.6. The number of ether oxygens (including phenoxy) is 1. The summed E-state index contributed by atoms with van der Waals surface area (Å²) in [7, 11) is -3.67. The molecule has 0 radical (unpaired) electrons. The fourth-order valence-corrected chi connectivity index (χ4v) is 4.67. The van der Waals surface area contributed by atoms with Gasteiger partial charge >= 0.3 is 5.97 Å². The minimum Gasteiger partial charge on any atom is -0.468 e. The Morgan fingerprint density at radius 1 is 1.06 bits per heavy atom. The minimum absolute atomic E-state index is 0.0641. The molecule has 7 nitrogen and oxygen atoms in total. The summed E-state index contributed by atoms with van der Waals surface area (Å²) in [6, 6.07) is 19.3. The van der Waals surface area contributed by atoms with Crippen LogP contribution >= 0.6 is 11.3 Å². The van der Waals surface area contributed by atoms with Crippen molar-refractivity contribution in [2.45, 2.75) is 18.0 Å². The Kier molecular flexibility index (Phi) is 7.13. The Morgan fingerprint density at radius 3 is 2.58 bits per heavy atom. The number of carbonyl (C=O) groups excluding carboxylic acids is 1. The molecular weight excluding hydrogens is 460 g/mol. The predicted molar refractivity (Wildman–Crippen MR) is 126 cm³/mol. The highest BCUT2D eigenvalue weighted by Crippen LogP contribution is 2.23. The molecule has 33 heavy (non-hydrogen) atoms. The zero-order valence-electron chi connectivity index (χ0n) is 17.4.